The van der Waals surface area contributed by atoms with Crippen LogP contribution in [-0.4, -0.2) is 59.2 Å². The number of thioether (sulfide) groups is 1. The lowest BCUT2D eigenvalue weighted by Gasteiger charge is -2.34. The third-order valence-electron chi connectivity index (χ3n) is 4.12. The van der Waals surface area contributed by atoms with Gasteiger partial charge in [0.1, 0.15) is 11.8 Å². The summed E-state index contributed by atoms with van der Waals surface area (Å²) in [5.41, 5.74) is 0.995. The molecule has 0 unspecified atom stereocenters. The van der Waals surface area contributed by atoms with Crippen molar-refractivity contribution >= 4 is 17.7 Å². The zero-order chi connectivity index (χ0) is 16.8. The molecule has 0 saturated carbocycles. The molecule has 0 radical (unpaired) electrons. The molecule has 2 aromatic rings. The van der Waals surface area contributed by atoms with Crippen LogP contribution in [-0.2, 0) is 0 Å². The Morgan fingerprint density at radius 1 is 1.21 bits per heavy atom. The number of hydrogen-bond acceptors (Lipinski definition) is 4. The number of nitriles is 1. The highest BCUT2D eigenvalue weighted by Gasteiger charge is 2.22. The van der Waals surface area contributed by atoms with E-state index in [2.05, 4.69) is 34.1 Å². The average Bonchev–Trinajstić information content (AvgIpc) is 3.12. The van der Waals surface area contributed by atoms with Crippen LogP contribution in [0.2, 0.25) is 0 Å². The number of nitrogens with zero attached hydrogens (tertiary/aromatic N) is 3. The molecule has 3 rings (SSSR count). The molecule has 1 amide bonds. The third-order valence-corrected chi connectivity index (χ3v) is 5.11. The van der Waals surface area contributed by atoms with Gasteiger partial charge in [0.2, 0.25) is 0 Å². The van der Waals surface area contributed by atoms with Gasteiger partial charge in [0.05, 0.1) is 5.56 Å². The van der Waals surface area contributed by atoms with Crippen molar-refractivity contribution in [3.05, 3.63) is 53.9 Å². The molecule has 1 aliphatic rings. The number of hydrogen-bond donors (Lipinski definition) is 1. The number of aromatic amines is 1. The average molecular weight is 340 g/mol. The fraction of sp³-hybridized carbons (Fsp3) is 0.333. The van der Waals surface area contributed by atoms with Crippen LogP contribution in [0.3, 0.4) is 0 Å². The predicted octanol–water partition coefficient (Wildman–Crippen LogP) is 2.44. The molecule has 1 aromatic heterocycles. The second-order valence-electron chi connectivity index (χ2n) is 5.71. The van der Waals surface area contributed by atoms with Gasteiger partial charge in [0.25, 0.3) is 5.91 Å². The Bertz CT molecular complexity index is 714. The summed E-state index contributed by atoms with van der Waals surface area (Å²) in [6.07, 6.45) is 1.57. The van der Waals surface area contributed by atoms with Gasteiger partial charge in [-0.3, -0.25) is 9.69 Å². The number of amides is 1. The van der Waals surface area contributed by atoms with Crippen molar-refractivity contribution in [1.82, 2.24) is 14.8 Å². The smallest absolute Gasteiger partial charge is 0.270 e. The van der Waals surface area contributed by atoms with E-state index in [9.17, 15) is 4.79 Å². The zero-order valence-corrected chi connectivity index (χ0v) is 14.3. The molecule has 1 saturated heterocycles. The number of carbonyl (C=O) groups is 1. The number of H-pyrrole nitrogens is 1. The minimum atomic E-state index is -0.0187. The van der Waals surface area contributed by atoms with Gasteiger partial charge in [-0.05, 0) is 18.2 Å². The molecular formula is C18H20N4OS. The van der Waals surface area contributed by atoms with Crippen LogP contribution >= 0.6 is 11.8 Å². The highest BCUT2D eigenvalue weighted by molar-refractivity contribution is 7.99. The van der Waals surface area contributed by atoms with Gasteiger partial charge in [-0.25, -0.2) is 0 Å². The van der Waals surface area contributed by atoms with E-state index in [1.165, 1.54) is 4.90 Å². The first-order chi connectivity index (χ1) is 11.8. The van der Waals surface area contributed by atoms with Crippen LogP contribution in [0.25, 0.3) is 0 Å². The maximum absolute atomic E-state index is 12.4. The van der Waals surface area contributed by atoms with Crippen molar-refractivity contribution in [3.63, 3.8) is 0 Å². The molecule has 1 aliphatic heterocycles. The van der Waals surface area contributed by atoms with Crippen LogP contribution in [0.4, 0.5) is 0 Å². The number of aromatic nitrogens is 1. The van der Waals surface area contributed by atoms with Crippen molar-refractivity contribution in [2.24, 2.45) is 0 Å². The molecule has 24 heavy (non-hydrogen) atoms. The molecule has 1 aromatic carbocycles. The second kappa shape index (κ2) is 8.04. The normalized spacial score (nSPS) is 15.2. The number of nitrogens with one attached hydrogen (secondary N) is 1. The van der Waals surface area contributed by atoms with Crippen LogP contribution in [0.15, 0.2) is 47.5 Å². The molecule has 124 valence electrons. The first-order valence-corrected chi connectivity index (χ1v) is 9.03. The topological polar surface area (TPSA) is 63.1 Å². The Morgan fingerprint density at radius 3 is 2.62 bits per heavy atom. The summed E-state index contributed by atoms with van der Waals surface area (Å²) >= 11 is 1.87. The van der Waals surface area contributed by atoms with Gasteiger partial charge in [-0.15, -0.1) is 11.8 Å². The predicted molar refractivity (Wildman–Crippen MR) is 95.0 cm³/mol. The number of rotatable bonds is 5. The lowest BCUT2D eigenvalue weighted by Crippen LogP contribution is -2.49. The maximum atomic E-state index is 12.4. The number of benzene rings is 1. The summed E-state index contributed by atoms with van der Waals surface area (Å²) in [5.74, 6) is 1.04. The van der Waals surface area contributed by atoms with E-state index in [0.29, 0.717) is 11.3 Å². The summed E-state index contributed by atoms with van der Waals surface area (Å²) in [4.78, 5) is 20.8. The molecule has 0 bridgehead atoms. The molecule has 0 aliphatic carbocycles. The van der Waals surface area contributed by atoms with Crippen molar-refractivity contribution in [1.29, 1.82) is 5.26 Å². The standard InChI is InChI=1S/C18H20N4OS/c19-13-15-12-17(20-14-15)18(23)22-8-6-21(7-9-22)10-11-24-16-4-2-1-3-5-16/h1-5,12,14,20H,6-11H2. The monoisotopic (exact) mass is 340 g/mol. The number of carbonyl (C=O) groups excluding carboxylic acids is 1. The van der Waals surface area contributed by atoms with Gasteiger partial charge < -0.3 is 9.88 Å². The Kier molecular flexibility index (Phi) is 5.57. The van der Waals surface area contributed by atoms with Crippen molar-refractivity contribution in [3.8, 4) is 6.07 Å². The summed E-state index contributed by atoms with van der Waals surface area (Å²) < 4.78 is 0. The van der Waals surface area contributed by atoms with Gasteiger partial charge in [-0.1, -0.05) is 18.2 Å². The second-order valence-corrected chi connectivity index (χ2v) is 6.88. The summed E-state index contributed by atoms with van der Waals surface area (Å²) in [6.45, 7) is 4.29. The largest absolute Gasteiger partial charge is 0.356 e. The van der Waals surface area contributed by atoms with Crippen LogP contribution in [0, 0.1) is 11.3 Å². The van der Waals surface area contributed by atoms with Crippen LogP contribution < -0.4 is 0 Å². The molecular weight excluding hydrogens is 320 g/mol. The van der Waals surface area contributed by atoms with E-state index in [4.69, 9.17) is 5.26 Å². The van der Waals surface area contributed by atoms with E-state index >= 15 is 0 Å². The lowest BCUT2D eigenvalue weighted by molar-refractivity contribution is 0.0639. The fourth-order valence-corrected chi connectivity index (χ4v) is 3.67. The number of piperazine rings is 1. The fourth-order valence-electron chi connectivity index (χ4n) is 2.74. The quantitative estimate of drug-likeness (QED) is 0.849. The highest BCUT2D eigenvalue weighted by atomic mass is 32.2. The molecule has 1 N–H and O–H groups in total. The van der Waals surface area contributed by atoms with Gasteiger partial charge in [0.15, 0.2) is 0 Å². The first-order valence-electron chi connectivity index (χ1n) is 8.04. The van der Waals surface area contributed by atoms with E-state index in [1.54, 1.807) is 12.3 Å². The minimum absolute atomic E-state index is 0.0187. The van der Waals surface area contributed by atoms with Crippen LogP contribution in [0.5, 0.6) is 0 Å². The van der Waals surface area contributed by atoms with E-state index < -0.39 is 0 Å². The van der Waals surface area contributed by atoms with Gasteiger partial charge in [0, 0.05) is 49.6 Å². The SMILES string of the molecule is N#Cc1c[nH]c(C(=O)N2CCN(CCSc3ccccc3)CC2)c1. The summed E-state index contributed by atoms with van der Waals surface area (Å²) in [5, 5.41) is 8.84. The van der Waals surface area contributed by atoms with Crippen molar-refractivity contribution in [2.75, 3.05) is 38.5 Å². The Labute approximate surface area is 146 Å². The van der Waals surface area contributed by atoms with Crippen molar-refractivity contribution in [2.45, 2.75) is 4.90 Å². The van der Waals surface area contributed by atoms with Gasteiger partial charge in [-0.2, -0.15) is 5.26 Å². The molecule has 5 nitrogen and oxygen atoms in total. The third kappa shape index (κ3) is 4.19. The zero-order valence-electron chi connectivity index (χ0n) is 13.4. The molecule has 1 fully saturated rings. The Hall–Kier alpha value is -2.23. The highest BCUT2D eigenvalue weighted by Crippen LogP contribution is 2.17. The Morgan fingerprint density at radius 2 is 1.96 bits per heavy atom. The molecule has 6 heteroatoms. The molecule has 2 heterocycles. The lowest BCUT2D eigenvalue weighted by atomic mass is 10.2. The minimum Gasteiger partial charge on any atom is -0.356 e. The Balaban J connectivity index is 1.42. The van der Waals surface area contributed by atoms with E-state index in [1.807, 2.05) is 28.8 Å². The first kappa shape index (κ1) is 16.6. The van der Waals surface area contributed by atoms with E-state index in [0.717, 1.165) is 38.5 Å². The van der Waals surface area contributed by atoms with Crippen molar-refractivity contribution < 1.29 is 4.79 Å². The van der Waals surface area contributed by atoms with Crippen LogP contribution in [0.1, 0.15) is 16.1 Å². The molecule has 0 spiro atoms. The summed E-state index contributed by atoms with van der Waals surface area (Å²) in [6, 6.07) is 14.1. The van der Waals surface area contributed by atoms with Gasteiger partial charge >= 0.3 is 0 Å². The maximum Gasteiger partial charge on any atom is 0.270 e. The molecule has 0 atom stereocenters. The van der Waals surface area contributed by atoms with E-state index in [-0.39, 0.29) is 5.91 Å². The summed E-state index contributed by atoms with van der Waals surface area (Å²) in [7, 11) is 0.